The molecule has 1 N–H and O–H groups in total. The summed E-state index contributed by atoms with van der Waals surface area (Å²) in [5.74, 6) is 0. The van der Waals surface area contributed by atoms with Crippen molar-refractivity contribution in [2.24, 2.45) is 10.8 Å². The van der Waals surface area contributed by atoms with Gasteiger partial charge in [0.1, 0.15) is 0 Å². The summed E-state index contributed by atoms with van der Waals surface area (Å²) < 4.78 is 28.0. The minimum atomic E-state index is -3.43. The van der Waals surface area contributed by atoms with Crippen molar-refractivity contribution in [3.8, 4) is 0 Å². The molecule has 0 amide bonds. The molecule has 0 aromatic heterocycles. The van der Waals surface area contributed by atoms with Crippen LogP contribution in [0.25, 0.3) is 0 Å². The molecular weight excluding hydrogens is 282 g/mol. The summed E-state index contributed by atoms with van der Waals surface area (Å²) in [6.45, 7) is 10.8. The molecule has 1 unspecified atom stereocenters. The van der Waals surface area contributed by atoms with Crippen molar-refractivity contribution in [1.29, 1.82) is 0 Å². The van der Waals surface area contributed by atoms with Crippen molar-refractivity contribution in [3.05, 3.63) is 29.8 Å². The van der Waals surface area contributed by atoms with E-state index in [1.807, 2.05) is 19.1 Å². The second-order valence-electron chi connectivity index (χ2n) is 8.04. The predicted molar refractivity (Wildman–Crippen MR) is 86.6 cm³/mol. The Morgan fingerprint density at radius 3 is 2.05 bits per heavy atom. The third kappa shape index (κ3) is 4.38. The van der Waals surface area contributed by atoms with Crippen molar-refractivity contribution in [2.45, 2.75) is 64.8 Å². The maximum Gasteiger partial charge on any atom is 0.175 e. The molecule has 0 bridgehead atoms. The summed E-state index contributed by atoms with van der Waals surface area (Å²) in [6, 6.07) is 7.04. The van der Waals surface area contributed by atoms with Gasteiger partial charge < -0.3 is 4.55 Å². The Kier molecular flexibility index (Phi) is 4.35. The zero-order valence-electron chi connectivity index (χ0n) is 13.7. The molecule has 0 heterocycles. The fourth-order valence-electron chi connectivity index (χ4n) is 3.93. The monoisotopic (exact) mass is 309 g/mol. The minimum Gasteiger partial charge on any atom is -0.593 e. The second kappa shape index (κ2) is 5.49. The number of hydrogen-bond donors (Lipinski definition) is 1. The van der Waals surface area contributed by atoms with E-state index in [9.17, 15) is 8.76 Å². The summed E-state index contributed by atoms with van der Waals surface area (Å²) >= 11 is 0. The van der Waals surface area contributed by atoms with Gasteiger partial charge in [-0.1, -0.05) is 49.6 Å². The highest BCUT2D eigenvalue weighted by Crippen LogP contribution is 2.46. The molecule has 0 radical (unpaired) electrons. The standard InChI is InChI=1S/C17H27NO2S/c1-13-6-8-15(9-7-13)21(19,20)18-14-10-16(2,3)12-17(4,5)11-14/h6-9,14H,10-12H2,1-5H3,(H-,18,19,20). The van der Waals surface area contributed by atoms with Gasteiger partial charge in [0.2, 0.25) is 0 Å². The zero-order valence-corrected chi connectivity index (χ0v) is 14.5. The van der Waals surface area contributed by atoms with Crippen LogP contribution < -0.4 is 4.72 Å². The van der Waals surface area contributed by atoms with Crippen LogP contribution in [0.4, 0.5) is 0 Å². The van der Waals surface area contributed by atoms with Crippen molar-refractivity contribution in [1.82, 2.24) is 4.72 Å². The molecule has 0 aliphatic heterocycles. The van der Waals surface area contributed by atoms with E-state index in [2.05, 4.69) is 32.4 Å². The van der Waals surface area contributed by atoms with Gasteiger partial charge in [-0.05, 0) is 49.1 Å². The summed E-state index contributed by atoms with van der Waals surface area (Å²) in [5.41, 5.74) is 1.40. The number of sulfonamides is 1. The normalized spacial score (nSPS) is 24.5. The van der Waals surface area contributed by atoms with Crippen molar-refractivity contribution >= 4 is 10.4 Å². The first kappa shape index (κ1) is 16.7. The van der Waals surface area contributed by atoms with Crippen LogP contribution in [0.2, 0.25) is 0 Å². The lowest BCUT2D eigenvalue weighted by Crippen LogP contribution is -2.47. The molecule has 0 spiro atoms. The van der Waals surface area contributed by atoms with E-state index in [4.69, 9.17) is 0 Å². The van der Waals surface area contributed by atoms with Crippen LogP contribution in [0.1, 0.15) is 52.5 Å². The number of rotatable bonds is 3. The van der Waals surface area contributed by atoms with Gasteiger partial charge in [0, 0.05) is 0 Å². The van der Waals surface area contributed by atoms with Crippen molar-refractivity contribution < 1.29 is 8.76 Å². The van der Waals surface area contributed by atoms with Crippen molar-refractivity contribution in [2.75, 3.05) is 0 Å². The van der Waals surface area contributed by atoms with E-state index >= 15 is 0 Å². The van der Waals surface area contributed by atoms with Crippen LogP contribution in [-0.2, 0) is 14.6 Å². The Morgan fingerprint density at radius 2 is 1.57 bits per heavy atom. The van der Waals surface area contributed by atoms with Gasteiger partial charge in [-0.2, -0.15) is 0 Å². The lowest BCUT2D eigenvalue weighted by molar-refractivity contribution is 0.0926. The van der Waals surface area contributed by atoms with Crippen LogP contribution in [0.3, 0.4) is 0 Å². The first-order valence-corrected chi connectivity index (χ1v) is 9.07. The first-order valence-electron chi connectivity index (χ1n) is 7.58. The third-order valence-electron chi connectivity index (χ3n) is 4.21. The molecule has 21 heavy (non-hydrogen) atoms. The highest BCUT2D eigenvalue weighted by molar-refractivity contribution is 7.95. The molecule has 1 aliphatic rings. The summed E-state index contributed by atoms with van der Waals surface area (Å²) in [4.78, 5) is 0.356. The molecule has 1 aliphatic carbocycles. The fraction of sp³-hybridized carbons (Fsp3) is 0.647. The number of nitrogens with one attached hydrogen (secondary N) is 1. The van der Waals surface area contributed by atoms with E-state index in [0.29, 0.717) is 4.90 Å². The molecule has 1 saturated carbocycles. The van der Waals surface area contributed by atoms with E-state index in [1.165, 1.54) is 0 Å². The van der Waals surface area contributed by atoms with Gasteiger partial charge in [-0.15, -0.1) is 4.72 Å². The molecule has 1 aromatic rings. The number of hydrogen-bond acceptors (Lipinski definition) is 2. The topological polar surface area (TPSA) is 52.2 Å². The van der Waals surface area contributed by atoms with Crippen LogP contribution in [0, 0.1) is 17.8 Å². The van der Waals surface area contributed by atoms with Crippen molar-refractivity contribution in [3.63, 3.8) is 0 Å². The predicted octanol–water partition coefficient (Wildman–Crippen LogP) is 4.09. The SMILES string of the molecule is Cc1ccc([S+](=O)([O-])NC2CC(C)(C)CC(C)(C)C2)cc1. The Morgan fingerprint density at radius 1 is 1.10 bits per heavy atom. The van der Waals surface area contributed by atoms with Crippen LogP contribution in [-0.4, -0.2) is 10.6 Å². The van der Waals surface area contributed by atoms with E-state index in [0.717, 1.165) is 24.8 Å². The highest BCUT2D eigenvalue weighted by atomic mass is 32.3. The van der Waals surface area contributed by atoms with E-state index < -0.39 is 10.4 Å². The van der Waals surface area contributed by atoms with E-state index in [1.54, 1.807) is 12.1 Å². The summed E-state index contributed by atoms with van der Waals surface area (Å²) in [5, 5.41) is 0. The molecule has 3 nitrogen and oxygen atoms in total. The van der Waals surface area contributed by atoms with Gasteiger partial charge in [-0.3, -0.25) is 0 Å². The Labute approximate surface area is 129 Å². The van der Waals surface area contributed by atoms with Gasteiger partial charge >= 0.3 is 0 Å². The highest BCUT2D eigenvalue weighted by Gasteiger charge is 2.41. The summed E-state index contributed by atoms with van der Waals surface area (Å²) in [7, 11) is -3.43. The first-order chi connectivity index (χ1) is 9.49. The van der Waals surface area contributed by atoms with Gasteiger partial charge in [0.15, 0.2) is 15.3 Å². The maximum atomic E-state index is 12.5. The zero-order chi connectivity index (χ0) is 15.9. The molecule has 1 atom stereocenters. The van der Waals surface area contributed by atoms with Crippen LogP contribution in [0.5, 0.6) is 0 Å². The quantitative estimate of drug-likeness (QED) is 0.855. The smallest absolute Gasteiger partial charge is 0.175 e. The Balaban J connectivity index is 2.16. The minimum absolute atomic E-state index is 0.00931. The van der Waals surface area contributed by atoms with Crippen LogP contribution >= 0.6 is 0 Å². The average Bonchev–Trinajstić information content (AvgIpc) is 2.23. The molecule has 2 rings (SSSR count). The fourth-order valence-corrected chi connectivity index (χ4v) is 5.17. The Bertz CT molecular complexity index is 532. The lowest BCUT2D eigenvalue weighted by atomic mass is 9.64. The van der Waals surface area contributed by atoms with Crippen LogP contribution in [0.15, 0.2) is 29.2 Å². The van der Waals surface area contributed by atoms with Gasteiger partial charge in [0.25, 0.3) is 0 Å². The Hall–Kier alpha value is -0.710. The summed E-state index contributed by atoms with van der Waals surface area (Å²) in [6.07, 6.45) is 2.91. The lowest BCUT2D eigenvalue weighted by Gasteiger charge is -2.44. The second-order valence-corrected chi connectivity index (χ2v) is 9.76. The average molecular weight is 309 g/mol. The number of aryl methyl sites for hydroxylation is 1. The number of benzene rings is 1. The van der Waals surface area contributed by atoms with Gasteiger partial charge in [0.05, 0.1) is 6.04 Å². The maximum absolute atomic E-state index is 12.5. The molecule has 118 valence electrons. The largest absolute Gasteiger partial charge is 0.593 e. The molecule has 4 heteroatoms. The molecule has 1 aromatic carbocycles. The van der Waals surface area contributed by atoms with E-state index in [-0.39, 0.29) is 16.9 Å². The molecular formula is C17H27NO2S. The van der Waals surface area contributed by atoms with Gasteiger partial charge in [-0.25, -0.2) is 0 Å². The molecule has 1 fully saturated rings. The third-order valence-corrected chi connectivity index (χ3v) is 5.74. The molecule has 0 saturated heterocycles.